The second kappa shape index (κ2) is 7.85. The molecular weight excluding hydrogens is 387 g/mol. The number of nitrogens with zero attached hydrogens (tertiary/aromatic N) is 1. The second-order valence-corrected chi connectivity index (χ2v) is 7.17. The van der Waals surface area contributed by atoms with E-state index >= 15 is 0 Å². The fraction of sp³-hybridized carbons (Fsp3) is 0.381. The molecule has 0 atom stereocenters. The van der Waals surface area contributed by atoms with Crippen molar-refractivity contribution in [2.24, 2.45) is 5.92 Å². The maximum absolute atomic E-state index is 12.7. The smallest absolute Gasteiger partial charge is 0.454 e. The fourth-order valence-electron chi connectivity index (χ4n) is 3.77. The van der Waals surface area contributed by atoms with Gasteiger partial charge < -0.3 is 19.1 Å². The number of piperidine rings is 1. The first kappa shape index (κ1) is 19.4. The van der Waals surface area contributed by atoms with Crippen LogP contribution in [0.1, 0.15) is 28.8 Å². The molecule has 1 fully saturated rings. The van der Waals surface area contributed by atoms with Crippen molar-refractivity contribution >= 4 is 5.91 Å². The molecule has 2 heterocycles. The van der Waals surface area contributed by atoms with E-state index in [9.17, 15) is 18.0 Å². The topological polar surface area (TPSA) is 48.0 Å². The van der Waals surface area contributed by atoms with Crippen molar-refractivity contribution in [1.29, 1.82) is 0 Å². The van der Waals surface area contributed by atoms with Crippen LogP contribution in [0.15, 0.2) is 42.5 Å². The third kappa shape index (κ3) is 4.58. The summed E-state index contributed by atoms with van der Waals surface area (Å²) >= 11 is 0. The molecule has 0 unspecified atom stereocenters. The van der Waals surface area contributed by atoms with E-state index in [1.54, 1.807) is 4.90 Å². The molecule has 2 aromatic carbocycles. The molecular formula is C21H20F3NO4. The molecule has 0 spiro atoms. The van der Waals surface area contributed by atoms with E-state index in [0.717, 1.165) is 42.4 Å². The molecule has 0 saturated carbocycles. The van der Waals surface area contributed by atoms with Crippen LogP contribution in [0.2, 0.25) is 0 Å². The zero-order chi connectivity index (χ0) is 20.4. The number of para-hydroxylation sites is 1. The van der Waals surface area contributed by atoms with Crippen molar-refractivity contribution in [2.75, 3.05) is 19.9 Å². The van der Waals surface area contributed by atoms with E-state index in [1.807, 2.05) is 18.2 Å². The quantitative estimate of drug-likeness (QED) is 0.754. The van der Waals surface area contributed by atoms with Gasteiger partial charge in [0.15, 0.2) is 11.5 Å². The maximum Gasteiger partial charge on any atom is 0.573 e. The van der Waals surface area contributed by atoms with E-state index in [2.05, 4.69) is 4.74 Å². The Kier molecular flexibility index (Phi) is 5.25. The van der Waals surface area contributed by atoms with Gasteiger partial charge in [0.1, 0.15) is 5.75 Å². The van der Waals surface area contributed by atoms with Crippen molar-refractivity contribution in [3.05, 3.63) is 53.6 Å². The van der Waals surface area contributed by atoms with Gasteiger partial charge in [0.2, 0.25) is 6.79 Å². The number of alkyl halides is 3. The van der Waals surface area contributed by atoms with Crippen molar-refractivity contribution in [1.82, 2.24) is 4.90 Å². The van der Waals surface area contributed by atoms with Gasteiger partial charge in [-0.25, -0.2) is 0 Å². The molecule has 29 heavy (non-hydrogen) atoms. The predicted molar refractivity (Wildman–Crippen MR) is 98.0 cm³/mol. The van der Waals surface area contributed by atoms with E-state index in [4.69, 9.17) is 9.47 Å². The molecule has 0 radical (unpaired) electrons. The number of rotatable bonds is 4. The van der Waals surface area contributed by atoms with E-state index in [0.29, 0.717) is 19.0 Å². The standard InChI is InChI=1S/C21H20F3NO4/c22-21(23,24)29-17-4-2-1-3-16(17)20(26)25-9-7-14(8-10-25)11-15-5-6-18-19(12-15)28-13-27-18/h1-6,12,14H,7-11,13H2. The SMILES string of the molecule is O=C(c1ccccc1OC(F)(F)F)N1CCC(Cc2ccc3c(c2)OCO3)CC1. The van der Waals surface area contributed by atoms with Gasteiger partial charge in [0.25, 0.3) is 5.91 Å². The lowest BCUT2D eigenvalue weighted by molar-refractivity contribution is -0.274. The molecule has 0 aliphatic carbocycles. The van der Waals surface area contributed by atoms with Crippen molar-refractivity contribution in [3.8, 4) is 17.2 Å². The Morgan fingerprint density at radius 3 is 2.55 bits per heavy atom. The van der Waals surface area contributed by atoms with Crippen LogP contribution in [0.3, 0.4) is 0 Å². The third-order valence-corrected chi connectivity index (χ3v) is 5.21. The summed E-state index contributed by atoms with van der Waals surface area (Å²) in [6, 6.07) is 11.3. The molecule has 2 aliphatic heterocycles. The highest BCUT2D eigenvalue weighted by atomic mass is 19.4. The van der Waals surface area contributed by atoms with Crippen molar-refractivity contribution < 1.29 is 32.2 Å². The monoisotopic (exact) mass is 407 g/mol. The third-order valence-electron chi connectivity index (χ3n) is 5.21. The van der Waals surface area contributed by atoms with Crippen molar-refractivity contribution in [3.63, 3.8) is 0 Å². The first-order valence-electron chi connectivity index (χ1n) is 9.41. The Balaban J connectivity index is 1.37. The van der Waals surface area contributed by atoms with Crippen LogP contribution in [-0.4, -0.2) is 37.1 Å². The van der Waals surface area contributed by atoms with Crippen LogP contribution in [0.5, 0.6) is 17.2 Å². The van der Waals surface area contributed by atoms with E-state index < -0.39 is 18.0 Å². The van der Waals surface area contributed by atoms with Gasteiger partial charge in [0, 0.05) is 13.1 Å². The molecule has 0 bridgehead atoms. The maximum atomic E-state index is 12.7. The molecule has 0 N–H and O–H groups in total. The number of amides is 1. The van der Waals surface area contributed by atoms with Crippen LogP contribution in [0.4, 0.5) is 13.2 Å². The van der Waals surface area contributed by atoms with Crippen molar-refractivity contribution in [2.45, 2.75) is 25.6 Å². The Hall–Kier alpha value is -2.90. The average Bonchev–Trinajstić information content (AvgIpc) is 3.15. The van der Waals surface area contributed by atoms with Gasteiger partial charge in [-0.2, -0.15) is 0 Å². The zero-order valence-electron chi connectivity index (χ0n) is 15.6. The van der Waals surface area contributed by atoms with Crippen LogP contribution in [0.25, 0.3) is 0 Å². The molecule has 1 saturated heterocycles. The number of carbonyl (C=O) groups excluding carboxylic acids is 1. The molecule has 2 aromatic rings. The number of ether oxygens (including phenoxy) is 3. The molecule has 4 rings (SSSR count). The number of likely N-dealkylation sites (tertiary alicyclic amines) is 1. The fourth-order valence-corrected chi connectivity index (χ4v) is 3.77. The highest BCUT2D eigenvalue weighted by Gasteiger charge is 2.34. The molecule has 8 heteroatoms. The first-order chi connectivity index (χ1) is 13.9. The molecule has 1 amide bonds. The molecule has 5 nitrogen and oxygen atoms in total. The summed E-state index contributed by atoms with van der Waals surface area (Å²) in [7, 11) is 0. The lowest BCUT2D eigenvalue weighted by atomic mass is 9.90. The lowest BCUT2D eigenvalue weighted by Gasteiger charge is -2.32. The normalized spacial score (nSPS) is 16.7. The summed E-state index contributed by atoms with van der Waals surface area (Å²) in [5.41, 5.74) is 1.07. The largest absolute Gasteiger partial charge is 0.573 e. The summed E-state index contributed by atoms with van der Waals surface area (Å²) < 4.78 is 52.5. The van der Waals surface area contributed by atoms with Crippen LogP contribution >= 0.6 is 0 Å². The second-order valence-electron chi connectivity index (χ2n) is 7.17. The highest BCUT2D eigenvalue weighted by molar-refractivity contribution is 5.97. The van der Waals surface area contributed by atoms with Crippen LogP contribution < -0.4 is 14.2 Å². The highest BCUT2D eigenvalue weighted by Crippen LogP contribution is 2.34. The Labute approximate surface area is 166 Å². The number of fused-ring (bicyclic) bond motifs is 1. The first-order valence-corrected chi connectivity index (χ1v) is 9.41. The van der Waals surface area contributed by atoms with E-state index in [1.165, 1.54) is 18.2 Å². The zero-order valence-corrected chi connectivity index (χ0v) is 15.6. The van der Waals surface area contributed by atoms with Gasteiger partial charge >= 0.3 is 6.36 Å². The number of benzene rings is 2. The minimum atomic E-state index is -4.84. The number of hydrogen-bond donors (Lipinski definition) is 0. The Bertz CT molecular complexity index is 892. The molecule has 0 aromatic heterocycles. The molecule has 2 aliphatic rings. The summed E-state index contributed by atoms with van der Waals surface area (Å²) in [6.45, 7) is 1.22. The van der Waals surface area contributed by atoms with Crippen LogP contribution in [-0.2, 0) is 6.42 Å². The van der Waals surface area contributed by atoms with E-state index in [-0.39, 0.29) is 12.4 Å². The lowest BCUT2D eigenvalue weighted by Crippen LogP contribution is -2.39. The van der Waals surface area contributed by atoms with Crippen LogP contribution in [0, 0.1) is 5.92 Å². The van der Waals surface area contributed by atoms with Gasteiger partial charge in [0.05, 0.1) is 5.56 Å². The van der Waals surface area contributed by atoms with Gasteiger partial charge in [-0.3, -0.25) is 4.79 Å². The van der Waals surface area contributed by atoms with Gasteiger partial charge in [-0.05, 0) is 55.0 Å². The Morgan fingerprint density at radius 2 is 1.79 bits per heavy atom. The summed E-state index contributed by atoms with van der Waals surface area (Å²) in [5, 5.41) is 0. The predicted octanol–water partition coefficient (Wildman–Crippen LogP) is 4.41. The molecule has 154 valence electrons. The van der Waals surface area contributed by atoms with Gasteiger partial charge in [-0.1, -0.05) is 18.2 Å². The summed E-state index contributed by atoms with van der Waals surface area (Å²) in [6.07, 6.45) is -2.43. The van der Waals surface area contributed by atoms with Gasteiger partial charge in [-0.15, -0.1) is 13.2 Å². The number of carbonyl (C=O) groups is 1. The minimum Gasteiger partial charge on any atom is -0.454 e. The Morgan fingerprint density at radius 1 is 1.07 bits per heavy atom. The summed E-state index contributed by atoms with van der Waals surface area (Å²) in [4.78, 5) is 14.3. The minimum absolute atomic E-state index is 0.0703. The number of hydrogen-bond acceptors (Lipinski definition) is 4. The average molecular weight is 407 g/mol. The summed E-state index contributed by atoms with van der Waals surface area (Å²) in [5.74, 6) is 0.977. The number of halogens is 3.